The zero-order valence-corrected chi connectivity index (χ0v) is 11.2. The van der Waals surface area contributed by atoms with Gasteiger partial charge in [-0.2, -0.15) is 15.0 Å². The van der Waals surface area contributed by atoms with Gasteiger partial charge in [0.25, 0.3) is 0 Å². The summed E-state index contributed by atoms with van der Waals surface area (Å²) in [6, 6.07) is 0.0588. The molecule has 1 rings (SSSR count). The molecule has 0 aliphatic rings. The predicted molar refractivity (Wildman–Crippen MR) is 68.5 cm³/mol. The van der Waals surface area contributed by atoms with E-state index in [0.717, 1.165) is 0 Å². The van der Waals surface area contributed by atoms with Crippen LogP contribution in [0.5, 0.6) is 0 Å². The number of nitrogens with one attached hydrogen (secondary N) is 1. The molecule has 0 aromatic carbocycles. The van der Waals surface area contributed by atoms with E-state index in [0.29, 0.717) is 18.3 Å². The molecule has 0 radical (unpaired) electrons. The van der Waals surface area contributed by atoms with Crippen LogP contribution in [0.1, 0.15) is 20.3 Å². The summed E-state index contributed by atoms with van der Waals surface area (Å²) in [5.74, 6) is 0.915. The van der Waals surface area contributed by atoms with Crippen LogP contribution in [0.15, 0.2) is 0 Å². The van der Waals surface area contributed by atoms with Gasteiger partial charge in [-0.15, -0.1) is 0 Å². The molecular formula is C10H18ClN5O. The van der Waals surface area contributed by atoms with Gasteiger partial charge in [0.1, 0.15) is 0 Å². The fourth-order valence-corrected chi connectivity index (χ4v) is 1.55. The number of hydrogen-bond donors (Lipinski definition) is 2. The second-order valence-corrected chi connectivity index (χ2v) is 4.59. The van der Waals surface area contributed by atoms with E-state index in [4.69, 9.17) is 11.6 Å². The van der Waals surface area contributed by atoms with Crippen molar-refractivity contribution in [3.63, 3.8) is 0 Å². The average molecular weight is 260 g/mol. The second-order valence-electron chi connectivity index (χ2n) is 4.25. The van der Waals surface area contributed by atoms with Gasteiger partial charge in [-0.3, -0.25) is 0 Å². The van der Waals surface area contributed by atoms with Crippen LogP contribution in [0.4, 0.5) is 11.9 Å². The van der Waals surface area contributed by atoms with E-state index in [1.165, 1.54) is 0 Å². The first-order valence-corrected chi connectivity index (χ1v) is 5.79. The first-order chi connectivity index (χ1) is 7.88. The van der Waals surface area contributed by atoms with Crippen molar-refractivity contribution in [2.45, 2.75) is 32.4 Å². The number of anilines is 2. The number of halogens is 1. The first kappa shape index (κ1) is 13.9. The molecule has 0 saturated carbocycles. The maximum absolute atomic E-state index is 9.27. The Hall–Kier alpha value is -1.14. The second kappa shape index (κ2) is 5.97. The Bertz CT molecular complexity index is 372. The van der Waals surface area contributed by atoms with Crippen LogP contribution in [0.25, 0.3) is 0 Å². The number of aromatic nitrogens is 3. The fraction of sp³-hybridized carbons (Fsp3) is 0.700. The molecule has 2 N–H and O–H groups in total. The van der Waals surface area contributed by atoms with Gasteiger partial charge in [0, 0.05) is 20.1 Å². The van der Waals surface area contributed by atoms with Crippen LogP contribution in [-0.2, 0) is 0 Å². The number of aliphatic hydroxyl groups excluding tert-OH is 1. The summed E-state index contributed by atoms with van der Waals surface area (Å²) < 4.78 is 0. The van der Waals surface area contributed by atoms with Gasteiger partial charge in [0.15, 0.2) is 0 Å². The maximum atomic E-state index is 9.27. The largest absolute Gasteiger partial charge is 0.393 e. The zero-order chi connectivity index (χ0) is 13.0. The molecule has 0 fully saturated rings. The van der Waals surface area contributed by atoms with Crippen molar-refractivity contribution in [3.8, 4) is 0 Å². The number of aliphatic hydroxyl groups is 1. The van der Waals surface area contributed by atoms with Crippen molar-refractivity contribution in [3.05, 3.63) is 5.28 Å². The lowest BCUT2D eigenvalue weighted by Crippen LogP contribution is -2.23. The molecule has 17 heavy (non-hydrogen) atoms. The minimum Gasteiger partial charge on any atom is -0.393 e. The van der Waals surface area contributed by atoms with Crippen LogP contribution in [-0.4, -0.2) is 46.3 Å². The highest BCUT2D eigenvalue weighted by Gasteiger charge is 2.10. The maximum Gasteiger partial charge on any atom is 0.230 e. The van der Waals surface area contributed by atoms with E-state index in [1.54, 1.807) is 11.8 Å². The van der Waals surface area contributed by atoms with E-state index in [2.05, 4.69) is 20.3 Å². The van der Waals surface area contributed by atoms with Crippen molar-refractivity contribution < 1.29 is 5.11 Å². The van der Waals surface area contributed by atoms with Gasteiger partial charge in [-0.25, -0.2) is 0 Å². The van der Waals surface area contributed by atoms with Crippen molar-refractivity contribution in [1.82, 2.24) is 15.0 Å². The van der Waals surface area contributed by atoms with Crippen LogP contribution in [0, 0.1) is 0 Å². The number of nitrogens with zero attached hydrogens (tertiary/aromatic N) is 4. The lowest BCUT2D eigenvalue weighted by molar-refractivity contribution is 0.179. The molecule has 6 nitrogen and oxygen atoms in total. The summed E-state index contributed by atoms with van der Waals surface area (Å²) >= 11 is 5.80. The summed E-state index contributed by atoms with van der Waals surface area (Å²) in [6.07, 6.45) is 0.240. The molecule has 2 atom stereocenters. The van der Waals surface area contributed by atoms with Gasteiger partial charge in [-0.1, -0.05) is 0 Å². The predicted octanol–water partition coefficient (Wildman–Crippen LogP) is 1.16. The fourth-order valence-electron chi connectivity index (χ4n) is 1.40. The van der Waals surface area contributed by atoms with Gasteiger partial charge in [0.2, 0.25) is 17.2 Å². The van der Waals surface area contributed by atoms with Crippen molar-refractivity contribution in [2.24, 2.45) is 0 Å². The van der Waals surface area contributed by atoms with Gasteiger partial charge < -0.3 is 15.3 Å². The monoisotopic (exact) mass is 259 g/mol. The molecule has 1 aromatic rings. The molecule has 0 bridgehead atoms. The van der Waals surface area contributed by atoms with Crippen LogP contribution in [0.3, 0.4) is 0 Å². The van der Waals surface area contributed by atoms with E-state index in [1.807, 2.05) is 21.0 Å². The van der Waals surface area contributed by atoms with Gasteiger partial charge in [0.05, 0.1) is 6.10 Å². The third-order valence-corrected chi connectivity index (χ3v) is 2.24. The molecule has 96 valence electrons. The van der Waals surface area contributed by atoms with Crippen molar-refractivity contribution in [2.75, 3.05) is 24.3 Å². The minimum absolute atomic E-state index is 0.0588. The molecule has 1 aromatic heterocycles. The Balaban J connectivity index is 2.77. The van der Waals surface area contributed by atoms with Crippen LogP contribution < -0.4 is 10.2 Å². The zero-order valence-electron chi connectivity index (χ0n) is 10.5. The molecule has 0 aliphatic carbocycles. The number of rotatable bonds is 5. The van der Waals surface area contributed by atoms with E-state index in [-0.39, 0.29) is 17.4 Å². The Morgan fingerprint density at radius 2 is 1.94 bits per heavy atom. The lowest BCUT2D eigenvalue weighted by atomic mass is 10.2. The third kappa shape index (κ3) is 4.70. The van der Waals surface area contributed by atoms with E-state index in [9.17, 15) is 5.11 Å². The summed E-state index contributed by atoms with van der Waals surface area (Å²) in [6.45, 7) is 3.68. The minimum atomic E-state index is -0.372. The Morgan fingerprint density at radius 3 is 2.47 bits per heavy atom. The molecule has 0 aliphatic heterocycles. The third-order valence-electron chi connectivity index (χ3n) is 2.07. The standard InChI is InChI=1S/C10H18ClN5O/c1-6(5-7(2)17)12-9-13-8(11)14-10(15-9)16(3)4/h6-7,17H,5H2,1-4H3,(H,12,13,14,15). The van der Waals surface area contributed by atoms with Gasteiger partial charge in [-0.05, 0) is 31.9 Å². The summed E-state index contributed by atoms with van der Waals surface area (Å²) in [7, 11) is 3.66. The highest BCUT2D eigenvalue weighted by Crippen LogP contribution is 2.13. The summed E-state index contributed by atoms with van der Waals surface area (Å²) in [4.78, 5) is 13.9. The SMILES string of the molecule is CC(O)CC(C)Nc1nc(Cl)nc(N(C)C)n1. The normalized spacial score (nSPS) is 14.2. The summed E-state index contributed by atoms with van der Waals surface area (Å²) in [5, 5.41) is 12.5. The molecule has 2 unspecified atom stereocenters. The topological polar surface area (TPSA) is 74.2 Å². The highest BCUT2D eigenvalue weighted by atomic mass is 35.5. The first-order valence-electron chi connectivity index (χ1n) is 5.42. The quantitative estimate of drug-likeness (QED) is 0.827. The van der Waals surface area contributed by atoms with Crippen LogP contribution >= 0.6 is 11.6 Å². The molecule has 7 heteroatoms. The Kier molecular flexibility index (Phi) is 4.89. The van der Waals surface area contributed by atoms with Crippen LogP contribution in [0.2, 0.25) is 5.28 Å². The average Bonchev–Trinajstić information content (AvgIpc) is 2.14. The molecule has 0 saturated heterocycles. The molecule has 0 spiro atoms. The van der Waals surface area contributed by atoms with E-state index < -0.39 is 0 Å². The molecule has 0 amide bonds. The lowest BCUT2D eigenvalue weighted by Gasteiger charge is -2.16. The Labute approximate surface area is 106 Å². The smallest absolute Gasteiger partial charge is 0.230 e. The van der Waals surface area contributed by atoms with Crippen molar-refractivity contribution in [1.29, 1.82) is 0 Å². The van der Waals surface area contributed by atoms with Crippen molar-refractivity contribution >= 4 is 23.5 Å². The van der Waals surface area contributed by atoms with Gasteiger partial charge >= 0.3 is 0 Å². The highest BCUT2D eigenvalue weighted by molar-refractivity contribution is 6.28. The summed E-state index contributed by atoms with van der Waals surface area (Å²) in [5.41, 5.74) is 0. The molecular weight excluding hydrogens is 242 g/mol. The van der Waals surface area contributed by atoms with E-state index >= 15 is 0 Å². The molecule has 1 heterocycles. The Morgan fingerprint density at radius 1 is 1.29 bits per heavy atom. The number of hydrogen-bond acceptors (Lipinski definition) is 6.